The molecule has 0 aromatic heterocycles. The van der Waals surface area contributed by atoms with Gasteiger partial charge in [-0.05, 0) is 24.3 Å². The summed E-state index contributed by atoms with van der Waals surface area (Å²) in [6, 6.07) is 15.7. The van der Waals surface area contributed by atoms with Gasteiger partial charge in [0.05, 0.1) is 5.56 Å². The summed E-state index contributed by atoms with van der Waals surface area (Å²) in [5.41, 5.74) is 6.73. The van der Waals surface area contributed by atoms with Gasteiger partial charge in [0.1, 0.15) is 29.2 Å². The number of rotatable bonds is 2. The molecule has 4 nitrogen and oxygen atoms in total. The van der Waals surface area contributed by atoms with Crippen molar-refractivity contribution >= 4 is 5.69 Å². The van der Waals surface area contributed by atoms with E-state index in [1.54, 1.807) is 42.5 Å². The van der Waals surface area contributed by atoms with Crippen LogP contribution in [0.5, 0.6) is 11.5 Å². The van der Waals surface area contributed by atoms with E-state index in [4.69, 9.17) is 21.0 Å². The van der Waals surface area contributed by atoms with Gasteiger partial charge < -0.3 is 10.5 Å². The molecule has 0 unspecified atom stereocenters. The van der Waals surface area contributed by atoms with Gasteiger partial charge in [-0.15, -0.1) is 0 Å². The van der Waals surface area contributed by atoms with Crippen LogP contribution in [0.4, 0.5) is 5.69 Å². The van der Waals surface area contributed by atoms with Gasteiger partial charge in [-0.2, -0.15) is 10.5 Å². The third-order valence-corrected chi connectivity index (χ3v) is 2.34. The Hall–Kier alpha value is -2.98. The van der Waals surface area contributed by atoms with Gasteiger partial charge in [-0.3, -0.25) is 0 Å². The first-order chi connectivity index (χ1) is 8.74. The molecule has 0 radical (unpaired) electrons. The summed E-state index contributed by atoms with van der Waals surface area (Å²) in [6.45, 7) is 0. The summed E-state index contributed by atoms with van der Waals surface area (Å²) >= 11 is 0. The largest absolute Gasteiger partial charge is 0.456 e. The highest BCUT2D eigenvalue weighted by Gasteiger charge is 2.09. The maximum Gasteiger partial charge on any atom is 0.146 e. The second kappa shape index (κ2) is 4.90. The first kappa shape index (κ1) is 11.5. The molecule has 0 amide bonds. The van der Waals surface area contributed by atoms with Gasteiger partial charge >= 0.3 is 0 Å². The number of nitrogens with two attached hydrogens (primary N) is 1. The average molecular weight is 235 g/mol. The van der Waals surface area contributed by atoms with E-state index in [1.165, 1.54) is 0 Å². The second-order valence-electron chi connectivity index (χ2n) is 3.58. The zero-order chi connectivity index (χ0) is 13.0. The Labute approximate surface area is 104 Å². The van der Waals surface area contributed by atoms with Crippen LogP contribution in [-0.2, 0) is 0 Å². The molecule has 86 valence electrons. The fraction of sp³-hybridized carbons (Fsp3) is 0. The van der Waals surface area contributed by atoms with E-state index in [9.17, 15) is 0 Å². The highest BCUT2D eigenvalue weighted by molar-refractivity contribution is 5.55. The number of nitrogens with zero attached hydrogens (tertiary/aromatic N) is 2. The molecule has 0 bridgehead atoms. The Morgan fingerprint density at radius 3 is 2.44 bits per heavy atom. The summed E-state index contributed by atoms with van der Waals surface area (Å²) in [7, 11) is 0. The molecule has 0 aliphatic heterocycles. The van der Waals surface area contributed by atoms with E-state index in [0.717, 1.165) is 0 Å². The van der Waals surface area contributed by atoms with E-state index >= 15 is 0 Å². The Morgan fingerprint density at radius 2 is 1.78 bits per heavy atom. The summed E-state index contributed by atoms with van der Waals surface area (Å²) in [6.07, 6.45) is 0. The molecular formula is C14H9N3O. The molecular weight excluding hydrogens is 226 g/mol. The maximum absolute atomic E-state index is 9.06. The van der Waals surface area contributed by atoms with Crippen molar-refractivity contribution in [1.82, 2.24) is 0 Å². The lowest BCUT2D eigenvalue weighted by Crippen LogP contribution is -1.92. The van der Waals surface area contributed by atoms with Crippen molar-refractivity contribution in [3.8, 4) is 23.6 Å². The minimum Gasteiger partial charge on any atom is -0.456 e. The third-order valence-electron chi connectivity index (χ3n) is 2.34. The van der Waals surface area contributed by atoms with Crippen LogP contribution in [-0.4, -0.2) is 0 Å². The molecule has 0 aliphatic carbocycles. The van der Waals surface area contributed by atoms with E-state index < -0.39 is 0 Å². The quantitative estimate of drug-likeness (QED) is 0.811. The Balaban J connectivity index is 2.42. The molecule has 0 heterocycles. The number of nitrogen functional groups attached to an aromatic ring is 1. The Morgan fingerprint density at radius 1 is 1.00 bits per heavy atom. The van der Waals surface area contributed by atoms with Gasteiger partial charge in [0, 0.05) is 11.8 Å². The lowest BCUT2D eigenvalue weighted by Gasteiger charge is -2.08. The molecule has 0 fully saturated rings. The fourth-order valence-corrected chi connectivity index (χ4v) is 1.53. The zero-order valence-electron chi connectivity index (χ0n) is 9.42. The molecule has 0 atom stereocenters. The van der Waals surface area contributed by atoms with Crippen molar-refractivity contribution in [2.24, 2.45) is 0 Å². The van der Waals surface area contributed by atoms with Crippen LogP contribution < -0.4 is 10.5 Å². The first-order valence-electron chi connectivity index (χ1n) is 5.21. The van der Waals surface area contributed by atoms with Crippen LogP contribution in [0.2, 0.25) is 0 Å². The molecule has 4 heteroatoms. The van der Waals surface area contributed by atoms with Crippen molar-refractivity contribution in [2.75, 3.05) is 5.73 Å². The van der Waals surface area contributed by atoms with Crippen LogP contribution >= 0.6 is 0 Å². The first-order valence-corrected chi connectivity index (χ1v) is 5.21. The highest BCUT2D eigenvalue weighted by Crippen LogP contribution is 2.27. The number of hydrogen-bond donors (Lipinski definition) is 1. The molecule has 0 saturated carbocycles. The summed E-state index contributed by atoms with van der Waals surface area (Å²) < 4.78 is 5.57. The topological polar surface area (TPSA) is 82.8 Å². The predicted octanol–water partition coefficient (Wildman–Crippen LogP) is 2.80. The summed E-state index contributed by atoms with van der Waals surface area (Å²) in [5.74, 6) is 0.878. The molecule has 0 saturated heterocycles. The van der Waals surface area contributed by atoms with Gasteiger partial charge in [0.15, 0.2) is 0 Å². The fourth-order valence-electron chi connectivity index (χ4n) is 1.53. The van der Waals surface area contributed by atoms with E-state index in [2.05, 4.69) is 0 Å². The number of benzene rings is 2. The Bertz CT molecular complexity index is 665. The van der Waals surface area contributed by atoms with Crippen LogP contribution in [0, 0.1) is 22.7 Å². The van der Waals surface area contributed by atoms with E-state index in [0.29, 0.717) is 22.7 Å². The predicted molar refractivity (Wildman–Crippen MR) is 66.8 cm³/mol. The number of ether oxygens (including phenoxy) is 1. The Kier molecular flexibility index (Phi) is 3.13. The average Bonchev–Trinajstić information content (AvgIpc) is 2.38. The maximum atomic E-state index is 9.06. The smallest absolute Gasteiger partial charge is 0.146 e. The molecule has 2 N–H and O–H groups in total. The molecule has 0 spiro atoms. The van der Waals surface area contributed by atoms with Crippen LogP contribution in [0.1, 0.15) is 11.1 Å². The van der Waals surface area contributed by atoms with Gasteiger partial charge in [-0.1, -0.05) is 12.1 Å². The van der Waals surface area contributed by atoms with Crippen molar-refractivity contribution < 1.29 is 4.74 Å². The van der Waals surface area contributed by atoms with Crippen LogP contribution in [0.3, 0.4) is 0 Å². The SMILES string of the molecule is N#Cc1cccc(Oc2cccc(N)c2)c1C#N. The normalized spacial score (nSPS) is 9.22. The molecule has 2 rings (SSSR count). The second-order valence-corrected chi connectivity index (χ2v) is 3.58. The molecule has 2 aromatic rings. The van der Waals surface area contributed by atoms with E-state index in [1.807, 2.05) is 12.1 Å². The molecule has 0 aliphatic rings. The number of hydrogen-bond acceptors (Lipinski definition) is 4. The summed E-state index contributed by atoms with van der Waals surface area (Å²) in [5, 5.41) is 18.0. The van der Waals surface area contributed by atoms with Crippen molar-refractivity contribution in [2.45, 2.75) is 0 Å². The van der Waals surface area contributed by atoms with Crippen molar-refractivity contribution in [3.05, 3.63) is 53.6 Å². The van der Waals surface area contributed by atoms with Gasteiger partial charge in [-0.25, -0.2) is 0 Å². The molecule has 18 heavy (non-hydrogen) atoms. The minimum absolute atomic E-state index is 0.224. The molecule has 2 aromatic carbocycles. The lowest BCUT2D eigenvalue weighted by molar-refractivity contribution is 0.481. The van der Waals surface area contributed by atoms with Gasteiger partial charge in [0.2, 0.25) is 0 Å². The number of anilines is 1. The van der Waals surface area contributed by atoms with Gasteiger partial charge in [0.25, 0.3) is 0 Å². The lowest BCUT2D eigenvalue weighted by atomic mass is 10.1. The van der Waals surface area contributed by atoms with Crippen molar-refractivity contribution in [1.29, 1.82) is 10.5 Å². The standard InChI is InChI=1S/C14H9N3O/c15-8-10-3-1-6-14(13(10)9-16)18-12-5-2-4-11(17)7-12/h1-7H,17H2. The monoisotopic (exact) mass is 235 g/mol. The summed E-state index contributed by atoms with van der Waals surface area (Å²) in [4.78, 5) is 0. The van der Waals surface area contributed by atoms with Crippen LogP contribution in [0.15, 0.2) is 42.5 Å². The zero-order valence-corrected chi connectivity index (χ0v) is 9.42. The van der Waals surface area contributed by atoms with E-state index in [-0.39, 0.29) is 5.56 Å². The highest BCUT2D eigenvalue weighted by atomic mass is 16.5. The third kappa shape index (κ3) is 2.23. The number of nitriles is 2. The van der Waals surface area contributed by atoms with Crippen molar-refractivity contribution in [3.63, 3.8) is 0 Å². The minimum atomic E-state index is 0.224. The van der Waals surface area contributed by atoms with Crippen LogP contribution in [0.25, 0.3) is 0 Å².